The maximum Gasteiger partial charge on any atom is 0.227 e. The molecule has 0 saturated carbocycles. The third kappa shape index (κ3) is 3.85. The highest BCUT2D eigenvalue weighted by atomic mass is 32.2. The number of aromatic nitrogens is 3. The molecule has 1 aliphatic rings. The molecule has 0 radical (unpaired) electrons. The van der Waals surface area contributed by atoms with Gasteiger partial charge in [-0.15, -0.1) is 10.2 Å². The average molecular weight is 410 g/mol. The SMILES string of the molecule is CCn1c(SCC(=O)c2ccc(N3CCCC3=O)cc2)nnc1-c1ccoc1C. The van der Waals surface area contributed by atoms with Crippen LogP contribution in [0.4, 0.5) is 5.69 Å². The van der Waals surface area contributed by atoms with E-state index in [1.54, 1.807) is 23.3 Å². The molecule has 150 valence electrons. The number of hydrogen-bond donors (Lipinski definition) is 0. The van der Waals surface area contributed by atoms with Crippen LogP contribution in [0.15, 0.2) is 46.2 Å². The predicted octanol–water partition coefficient (Wildman–Crippen LogP) is 3.97. The molecule has 8 heteroatoms. The molecular weight excluding hydrogens is 388 g/mol. The summed E-state index contributed by atoms with van der Waals surface area (Å²) in [6.45, 7) is 5.35. The van der Waals surface area contributed by atoms with Crippen LogP contribution in [0.5, 0.6) is 0 Å². The minimum absolute atomic E-state index is 0.0148. The number of Topliss-reactive ketones (excluding diaryl/α,β-unsaturated/α-hetero) is 1. The Morgan fingerprint density at radius 3 is 2.62 bits per heavy atom. The number of amides is 1. The first-order valence-electron chi connectivity index (χ1n) is 9.62. The molecule has 4 rings (SSSR count). The molecule has 1 amide bonds. The minimum Gasteiger partial charge on any atom is -0.469 e. The van der Waals surface area contributed by atoms with Crippen molar-refractivity contribution in [1.82, 2.24) is 14.8 Å². The number of anilines is 1. The van der Waals surface area contributed by atoms with Crippen molar-refractivity contribution in [2.75, 3.05) is 17.2 Å². The lowest BCUT2D eigenvalue weighted by Crippen LogP contribution is -2.23. The number of carbonyl (C=O) groups is 2. The van der Waals surface area contributed by atoms with E-state index in [-0.39, 0.29) is 17.4 Å². The van der Waals surface area contributed by atoms with E-state index in [1.165, 1.54) is 11.8 Å². The third-order valence-corrected chi connectivity index (χ3v) is 6.01. The van der Waals surface area contributed by atoms with Crippen LogP contribution in [0.1, 0.15) is 35.9 Å². The van der Waals surface area contributed by atoms with E-state index < -0.39 is 0 Å². The van der Waals surface area contributed by atoms with Crippen LogP contribution in [0.2, 0.25) is 0 Å². The summed E-state index contributed by atoms with van der Waals surface area (Å²) >= 11 is 1.37. The first kappa shape index (κ1) is 19.4. The van der Waals surface area contributed by atoms with Gasteiger partial charge in [-0.1, -0.05) is 11.8 Å². The van der Waals surface area contributed by atoms with Gasteiger partial charge in [-0.2, -0.15) is 0 Å². The van der Waals surface area contributed by atoms with Gasteiger partial charge in [0.15, 0.2) is 16.8 Å². The quantitative estimate of drug-likeness (QED) is 0.433. The molecule has 1 fully saturated rings. The Kier molecular flexibility index (Phi) is 5.53. The van der Waals surface area contributed by atoms with E-state index in [2.05, 4.69) is 10.2 Å². The largest absolute Gasteiger partial charge is 0.469 e. The molecule has 1 aromatic carbocycles. The summed E-state index contributed by atoms with van der Waals surface area (Å²) in [5.41, 5.74) is 2.38. The highest BCUT2D eigenvalue weighted by Gasteiger charge is 2.22. The number of hydrogen-bond acceptors (Lipinski definition) is 6. The van der Waals surface area contributed by atoms with Crippen molar-refractivity contribution >= 4 is 29.1 Å². The van der Waals surface area contributed by atoms with Gasteiger partial charge < -0.3 is 13.9 Å². The zero-order valence-electron chi connectivity index (χ0n) is 16.4. The molecule has 7 nitrogen and oxygen atoms in total. The molecule has 0 aliphatic carbocycles. The fraction of sp³-hybridized carbons (Fsp3) is 0.333. The van der Waals surface area contributed by atoms with Crippen LogP contribution in [0.25, 0.3) is 11.4 Å². The lowest BCUT2D eigenvalue weighted by atomic mass is 10.1. The maximum absolute atomic E-state index is 12.6. The van der Waals surface area contributed by atoms with Gasteiger partial charge in [0, 0.05) is 30.8 Å². The van der Waals surface area contributed by atoms with E-state index >= 15 is 0 Å². The molecule has 0 spiro atoms. The number of rotatable bonds is 7. The molecule has 29 heavy (non-hydrogen) atoms. The van der Waals surface area contributed by atoms with E-state index in [0.717, 1.165) is 35.8 Å². The molecule has 0 bridgehead atoms. The van der Waals surface area contributed by atoms with Crippen LogP contribution >= 0.6 is 11.8 Å². The highest BCUT2D eigenvalue weighted by Crippen LogP contribution is 2.28. The van der Waals surface area contributed by atoms with Crippen LogP contribution in [-0.2, 0) is 11.3 Å². The van der Waals surface area contributed by atoms with Crippen LogP contribution in [0.3, 0.4) is 0 Å². The standard InChI is InChI=1S/C21H22N4O3S/c1-3-24-20(17-10-12-28-14(17)2)22-23-21(24)29-13-18(26)15-6-8-16(9-7-15)25-11-4-5-19(25)27/h6-10,12H,3-5,11,13H2,1-2H3. The molecule has 1 aliphatic heterocycles. The van der Waals surface area contributed by atoms with E-state index in [9.17, 15) is 9.59 Å². The minimum atomic E-state index is 0.0148. The Morgan fingerprint density at radius 1 is 1.21 bits per heavy atom. The number of ketones is 1. The van der Waals surface area contributed by atoms with E-state index in [4.69, 9.17) is 4.42 Å². The van der Waals surface area contributed by atoms with Crippen molar-refractivity contribution in [3.8, 4) is 11.4 Å². The number of aryl methyl sites for hydroxylation is 1. The summed E-state index contributed by atoms with van der Waals surface area (Å²) in [6.07, 6.45) is 3.11. The van der Waals surface area contributed by atoms with Gasteiger partial charge in [0.1, 0.15) is 5.76 Å². The van der Waals surface area contributed by atoms with Gasteiger partial charge in [0.2, 0.25) is 5.91 Å². The van der Waals surface area contributed by atoms with Gasteiger partial charge >= 0.3 is 0 Å². The Balaban J connectivity index is 1.44. The summed E-state index contributed by atoms with van der Waals surface area (Å²) < 4.78 is 7.35. The van der Waals surface area contributed by atoms with Crippen molar-refractivity contribution in [2.24, 2.45) is 0 Å². The molecule has 2 aromatic heterocycles. The van der Waals surface area contributed by atoms with Crippen LogP contribution in [-0.4, -0.2) is 38.8 Å². The van der Waals surface area contributed by atoms with Crippen molar-refractivity contribution in [3.63, 3.8) is 0 Å². The predicted molar refractivity (Wildman–Crippen MR) is 111 cm³/mol. The van der Waals surface area contributed by atoms with Crippen LogP contribution < -0.4 is 4.90 Å². The Labute approximate surface area is 173 Å². The van der Waals surface area contributed by atoms with Gasteiger partial charge in [0.25, 0.3) is 0 Å². The van der Waals surface area contributed by atoms with Gasteiger partial charge in [-0.3, -0.25) is 9.59 Å². The molecule has 1 saturated heterocycles. The average Bonchev–Trinajstić information content (AvgIpc) is 3.45. The Bertz CT molecular complexity index is 1040. The number of benzene rings is 1. The zero-order chi connectivity index (χ0) is 20.4. The topological polar surface area (TPSA) is 81.2 Å². The molecule has 0 atom stereocenters. The summed E-state index contributed by atoms with van der Waals surface area (Å²) in [4.78, 5) is 26.3. The van der Waals surface area contributed by atoms with Gasteiger partial charge in [-0.25, -0.2) is 0 Å². The number of thioether (sulfide) groups is 1. The molecule has 3 aromatic rings. The Hall–Kier alpha value is -2.87. The number of furan rings is 1. The monoisotopic (exact) mass is 410 g/mol. The Morgan fingerprint density at radius 2 is 2.00 bits per heavy atom. The van der Waals surface area contributed by atoms with E-state index in [0.29, 0.717) is 23.7 Å². The summed E-state index contributed by atoms with van der Waals surface area (Å²) in [5.74, 6) is 1.96. The number of nitrogens with zero attached hydrogens (tertiary/aromatic N) is 4. The van der Waals surface area contributed by atoms with Crippen molar-refractivity contribution < 1.29 is 14.0 Å². The lowest BCUT2D eigenvalue weighted by molar-refractivity contribution is -0.117. The second-order valence-electron chi connectivity index (χ2n) is 6.85. The third-order valence-electron chi connectivity index (χ3n) is 5.04. The second-order valence-corrected chi connectivity index (χ2v) is 7.79. The molecular formula is C21H22N4O3S. The normalized spacial score (nSPS) is 14.0. The number of carbonyl (C=O) groups excluding carboxylic acids is 2. The van der Waals surface area contributed by atoms with E-state index in [1.807, 2.05) is 36.6 Å². The zero-order valence-corrected chi connectivity index (χ0v) is 17.2. The highest BCUT2D eigenvalue weighted by molar-refractivity contribution is 7.99. The maximum atomic E-state index is 12.6. The molecule has 0 unspecified atom stereocenters. The van der Waals surface area contributed by atoms with Crippen molar-refractivity contribution in [1.29, 1.82) is 0 Å². The first-order chi connectivity index (χ1) is 14.1. The van der Waals surface area contributed by atoms with Gasteiger partial charge in [-0.05, 0) is 50.6 Å². The van der Waals surface area contributed by atoms with Crippen molar-refractivity contribution in [2.45, 2.75) is 38.4 Å². The molecule has 0 N–H and O–H groups in total. The first-order valence-corrected chi connectivity index (χ1v) is 10.6. The fourth-order valence-corrected chi connectivity index (χ4v) is 4.36. The smallest absolute Gasteiger partial charge is 0.227 e. The lowest BCUT2D eigenvalue weighted by Gasteiger charge is -2.15. The summed E-state index contributed by atoms with van der Waals surface area (Å²) in [5, 5.41) is 9.25. The fourth-order valence-electron chi connectivity index (χ4n) is 3.46. The summed E-state index contributed by atoms with van der Waals surface area (Å²) in [6, 6.07) is 9.13. The molecule has 3 heterocycles. The van der Waals surface area contributed by atoms with Crippen LogP contribution in [0, 0.1) is 6.92 Å². The summed E-state index contributed by atoms with van der Waals surface area (Å²) in [7, 11) is 0. The van der Waals surface area contributed by atoms with Crippen molar-refractivity contribution in [3.05, 3.63) is 47.9 Å². The van der Waals surface area contributed by atoms with Gasteiger partial charge in [0.05, 0.1) is 17.6 Å². The second kappa shape index (κ2) is 8.24.